The van der Waals surface area contributed by atoms with E-state index in [0.29, 0.717) is 11.5 Å². The van der Waals surface area contributed by atoms with Crippen molar-refractivity contribution in [3.63, 3.8) is 0 Å². The van der Waals surface area contributed by atoms with Gasteiger partial charge in [0.25, 0.3) is 0 Å². The average Bonchev–Trinajstić information content (AvgIpc) is 3.06. The van der Waals surface area contributed by atoms with Gasteiger partial charge in [0.2, 0.25) is 5.91 Å². The van der Waals surface area contributed by atoms with Gasteiger partial charge in [-0.15, -0.1) is 11.8 Å². The molecule has 0 aliphatic heterocycles. The Balaban J connectivity index is 1.58. The highest BCUT2D eigenvalue weighted by Gasteiger charge is 2.05. The van der Waals surface area contributed by atoms with Gasteiger partial charge in [0.1, 0.15) is 5.76 Å². The van der Waals surface area contributed by atoms with Crippen LogP contribution in [0.4, 0.5) is 0 Å². The van der Waals surface area contributed by atoms with Crippen LogP contribution in [-0.2, 0) is 4.79 Å². The van der Waals surface area contributed by atoms with Crippen LogP contribution in [0.2, 0.25) is 0 Å². The predicted octanol–water partition coefficient (Wildman–Crippen LogP) is 3.68. The van der Waals surface area contributed by atoms with Crippen molar-refractivity contribution in [3.8, 4) is 0 Å². The second kappa shape index (κ2) is 6.95. The van der Waals surface area contributed by atoms with E-state index in [9.17, 15) is 4.79 Å². The number of amides is 1. The SMILES string of the molecule is O=C(CSc1cccc2ccccc12)NN=Cc1ccco1. The van der Waals surface area contributed by atoms with Gasteiger partial charge in [-0.05, 0) is 29.0 Å². The van der Waals surface area contributed by atoms with Crippen LogP contribution in [0.15, 0.2) is 75.3 Å². The standard InChI is InChI=1S/C17H14N2O2S/c20-17(19-18-11-14-7-4-10-21-14)12-22-16-9-3-6-13-5-1-2-8-15(13)16/h1-11H,12H2,(H,19,20). The predicted molar refractivity (Wildman–Crippen MR) is 89.1 cm³/mol. The summed E-state index contributed by atoms with van der Waals surface area (Å²) in [6, 6.07) is 17.7. The summed E-state index contributed by atoms with van der Waals surface area (Å²) in [4.78, 5) is 12.9. The molecule has 0 atom stereocenters. The second-order valence-electron chi connectivity index (χ2n) is 4.57. The summed E-state index contributed by atoms with van der Waals surface area (Å²) in [5, 5.41) is 6.18. The van der Waals surface area contributed by atoms with Crippen LogP contribution in [0.25, 0.3) is 10.8 Å². The maximum atomic E-state index is 11.8. The van der Waals surface area contributed by atoms with Gasteiger partial charge in [-0.1, -0.05) is 36.4 Å². The van der Waals surface area contributed by atoms with E-state index in [4.69, 9.17) is 4.42 Å². The zero-order valence-electron chi connectivity index (χ0n) is 11.7. The minimum Gasteiger partial charge on any atom is -0.463 e. The third kappa shape index (κ3) is 3.56. The lowest BCUT2D eigenvalue weighted by Crippen LogP contribution is -2.19. The van der Waals surface area contributed by atoms with E-state index in [1.165, 1.54) is 23.4 Å². The molecule has 0 saturated heterocycles. The number of rotatable bonds is 5. The van der Waals surface area contributed by atoms with Crippen molar-refractivity contribution in [1.29, 1.82) is 0 Å². The minimum atomic E-state index is -0.152. The van der Waals surface area contributed by atoms with Crippen LogP contribution in [0.1, 0.15) is 5.76 Å². The molecular weight excluding hydrogens is 296 g/mol. The molecule has 0 bridgehead atoms. The van der Waals surface area contributed by atoms with E-state index in [1.807, 2.05) is 24.3 Å². The van der Waals surface area contributed by atoms with Crippen LogP contribution < -0.4 is 5.43 Å². The number of thioether (sulfide) groups is 1. The molecule has 0 spiro atoms. The number of nitrogens with zero attached hydrogens (tertiary/aromatic N) is 1. The van der Waals surface area contributed by atoms with Crippen molar-refractivity contribution in [3.05, 3.63) is 66.6 Å². The topological polar surface area (TPSA) is 54.6 Å². The molecule has 22 heavy (non-hydrogen) atoms. The quantitative estimate of drug-likeness (QED) is 0.444. The average molecular weight is 310 g/mol. The largest absolute Gasteiger partial charge is 0.463 e. The molecule has 3 aromatic rings. The van der Waals surface area contributed by atoms with Crippen LogP contribution in [-0.4, -0.2) is 17.9 Å². The van der Waals surface area contributed by atoms with E-state index in [-0.39, 0.29) is 5.91 Å². The van der Waals surface area contributed by atoms with Gasteiger partial charge in [0.15, 0.2) is 0 Å². The van der Waals surface area contributed by atoms with Gasteiger partial charge in [-0.3, -0.25) is 4.79 Å². The Kier molecular flexibility index (Phi) is 4.56. The molecule has 0 radical (unpaired) electrons. The molecule has 1 N–H and O–H groups in total. The normalized spacial score (nSPS) is 11.1. The molecule has 0 fully saturated rings. The smallest absolute Gasteiger partial charge is 0.250 e. The van der Waals surface area contributed by atoms with Crippen molar-refractivity contribution in [2.45, 2.75) is 4.90 Å². The Morgan fingerprint density at radius 2 is 2.00 bits per heavy atom. The maximum absolute atomic E-state index is 11.8. The van der Waals surface area contributed by atoms with Gasteiger partial charge in [0.05, 0.1) is 18.2 Å². The van der Waals surface area contributed by atoms with Crippen molar-refractivity contribution in [1.82, 2.24) is 5.43 Å². The fraction of sp³-hybridized carbons (Fsp3) is 0.0588. The van der Waals surface area contributed by atoms with Crippen LogP contribution in [0, 0.1) is 0 Å². The number of hydrazone groups is 1. The third-order valence-electron chi connectivity index (χ3n) is 3.03. The van der Waals surface area contributed by atoms with Gasteiger partial charge >= 0.3 is 0 Å². The number of furan rings is 1. The van der Waals surface area contributed by atoms with Gasteiger partial charge in [-0.25, -0.2) is 5.43 Å². The monoisotopic (exact) mass is 310 g/mol. The Bertz CT molecular complexity index is 792. The van der Waals surface area contributed by atoms with Gasteiger partial charge < -0.3 is 4.42 Å². The lowest BCUT2D eigenvalue weighted by atomic mass is 10.1. The fourth-order valence-corrected chi connectivity index (χ4v) is 2.90. The highest BCUT2D eigenvalue weighted by molar-refractivity contribution is 8.00. The maximum Gasteiger partial charge on any atom is 0.250 e. The van der Waals surface area contributed by atoms with Crippen LogP contribution >= 0.6 is 11.8 Å². The summed E-state index contributed by atoms with van der Waals surface area (Å²) in [5.41, 5.74) is 2.49. The molecule has 3 rings (SSSR count). The van der Waals surface area contributed by atoms with Crippen molar-refractivity contribution >= 4 is 34.7 Å². The minimum absolute atomic E-state index is 0.152. The molecular formula is C17H14N2O2S. The Hall–Kier alpha value is -2.53. The van der Waals surface area contributed by atoms with E-state index < -0.39 is 0 Å². The second-order valence-corrected chi connectivity index (χ2v) is 5.59. The first-order valence-corrected chi connectivity index (χ1v) is 7.77. The Morgan fingerprint density at radius 3 is 2.86 bits per heavy atom. The Morgan fingerprint density at radius 1 is 1.14 bits per heavy atom. The molecule has 0 saturated carbocycles. The first-order valence-electron chi connectivity index (χ1n) is 6.79. The van der Waals surface area contributed by atoms with E-state index in [0.717, 1.165) is 10.3 Å². The first-order chi connectivity index (χ1) is 10.8. The zero-order chi connectivity index (χ0) is 15.2. The number of benzene rings is 2. The zero-order valence-corrected chi connectivity index (χ0v) is 12.5. The molecule has 2 aromatic carbocycles. The molecule has 110 valence electrons. The molecule has 1 aromatic heterocycles. The Labute approximate surface area is 132 Å². The van der Waals surface area contributed by atoms with Gasteiger partial charge in [-0.2, -0.15) is 5.10 Å². The first kappa shape index (κ1) is 14.4. The highest BCUT2D eigenvalue weighted by atomic mass is 32.2. The number of carbonyl (C=O) groups excluding carboxylic acids is 1. The van der Waals surface area contributed by atoms with E-state index >= 15 is 0 Å². The number of nitrogens with one attached hydrogen (secondary N) is 1. The highest BCUT2D eigenvalue weighted by Crippen LogP contribution is 2.27. The lowest BCUT2D eigenvalue weighted by molar-refractivity contribution is -0.118. The summed E-state index contributed by atoms with van der Waals surface area (Å²) < 4.78 is 5.09. The van der Waals surface area contributed by atoms with Crippen molar-refractivity contribution in [2.75, 3.05) is 5.75 Å². The van der Waals surface area contributed by atoms with E-state index in [1.54, 1.807) is 18.4 Å². The fourth-order valence-electron chi connectivity index (χ4n) is 2.03. The lowest BCUT2D eigenvalue weighted by Gasteiger charge is -2.05. The number of hydrogen-bond acceptors (Lipinski definition) is 4. The summed E-state index contributed by atoms with van der Waals surface area (Å²) in [7, 11) is 0. The summed E-state index contributed by atoms with van der Waals surface area (Å²) in [5.74, 6) is 0.756. The van der Waals surface area contributed by atoms with Crippen molar-refractivity contribution in [2.24, 2.45) is 5.10 Å². The molecule has 5 heteroatoms. The number of hydrogen-bond donors (Lipinski definition) is 1. The van der Waals surface area contributed by atoms with Crippen molar-refractivity contribution < 1.29 is 9.21 Å². The molecule has 1 amide bonds. The van der Waals surface area contributed by atoms with Crippen LogP contribution in [0.5, 0.6) is 0 Å². The summed E-state index contributed by atoms with van der Waals surface area (Å²) in [6.45, 7) is 0. The molecule has 4 nitrogen and oxygen atoms in total. The summed E-state index contributed by atoms with van der Waals surface area (Å²) in [6.07, 6.45) is 3.03. The van der Waals surface area contributed by atoms with Crippen LogP contribution in [0.3, 0.4) is 0 Å². The third-order valence-corrected chi connectivity index (χ3v) is 4.11. The molecule has 1 heterocycles. The molecule has 0 aliphatic rings. The molecule has 0 aliphatic carbocycles. The van der Waals surface area contributed by atoms with E-state index in [2.05, 4.69) is 28.7 Å². The van der Waals surface area contributed by atoms with Gasteiger partial charge in [0, 0.05) is 4.90 Å². The summed E-state index contributed by atoms with van der Waals surface area (Å²) >= 11 is 1.50. The number of carbonyl (C=O) groups is 1. The molecule has 0 unspecified atom stereocenters. The number of fused-ring (bicyclic) bond motifs is 1.